The van der Waals surface area contributed by atoms with Crippen LogP contribution < -0.4 is 0 Å². The highest BCUT2D eigenvalue weighted by Gasteiger charge is 2.52. The highest BCUT2D eigenvalue weighted by molar-refractivity contribution is 7.89. The maximum Gasteiger partial charge on any atom is 0.322 e. The molecule has 0 spiro atoms. The Morgan fingerprint density at radius 1 is 1.38 bits per heavy atom. The predicted molar refractivity (Wildman–Crippen MR) is 70.3 cm³/mol. The maximum atomic E-state index is 13.2. The summed E-state index contributed by atoms with van der Waals surface area (Å²) in [5.41, 5.74) is 0. The number of hydrogen-bond donors (Lipinski definition) is 1. The number of halogens is 1. The van der Waals surface area contributed by atoms with E-state index in [1.807, 2.05) is 0 Å². The Hall–Kier alpha value is -1.54. The Balaban J connectivity index is 2.00. The topological polar surface area (TPSA) is 87.6 Å². The number of rotatable bonds is 3. The van der Waals surface area contributed by atoms with Gasteiger partial charge in [0.2, 0.25) is 10.0 Å². The summed E-state index contributed by atoms with van der Waals surface area (Å²) < 4.78 is 39.4. The minimum Gasteiger partial charge on any atom is -0.480 e. The van der Waals surface area contributed by atoms with E-state index in [0.29, 0.717) is 0 Å². The lowest BCUT2D eigenvalue weighted by Gasteiger charge is -2.23. The molecule has 0 radical (unpaired) electrons. The number of aromatic nitrogens is 1. The Morgan fingerprint density at radius 2 is 2.14 bits per heavy atom. The summed E-state index contributed by atoms with van der Waals surface area (Å²) >= 11 is 0. The molecule has 2 fully saturated rings. The van der Waals surface area contributed by atoms with E-state index < -0.39 is 27.9 Å². The second kappa shape index (κ2) is 5.03. The SMILES string of the molecule is O=C(O)C1C2CCCC2CN1S(=O)(=O)c1cncc(F)c1. The van der Waals surface area contributed by atoms with E-state index in [1.54, 1.807) is 0 Å². The highest BCUT2D eigenvalue weighted by atomic mass is 32.2. The first kappa shape index (κ1) is 14.4. The van der Waals surface area contributed by atoms with Crippen LogP contribution in [-0.4, -0.2) is 41.4 Å². The summed E-state index contributed by atoms with van der Waals surface area (Å²) in [6.45, 7) is 0.181. The number of sulfonamides is 1. The Bertz CT molecular complexity index is 679. The second-order valence-electron chi connectivity index (χ2n) is 5.55. The zero-order valence-electron chi connectivity index (χ0n) is 11.1. The lowest BCUT2D eigenvalue weighted by atomic mass is 9.94. The van der Waals surface area contributed by atoms with Crippen molar-refractivity contribution in [3.63, 3.8) is 0 Å². The van der Waals surface area contributed by atoms with Gasteiger partial charge < -0.3 is 5.11 Å². The van der Waals surface area contributed by atoms with Gasteiger partial charge in [-0.15, -0.1) is 0 Å². The van der Waals surface area contributed by atoms with E-state index in [2.05, 4.69) is 4.98 Å². The van der Waals surface area contributed by atoms with Crippen molar-refractivity contribution in [2.24, 2.45) is 11.8 Å². The lowest BCUT2D eigenvalue weighted by molar-refractivity contribution is -0.142. The Kier molecular flexibility index (Phi) is 3.45. The first-order valence-corrected chi connectivity index (χ1v) is 8.20. The van der Waals surface area contributed by atoms with Crippen molar-refractivity contribution in [2.75, 3.05) is 6.54 Å². The van der Waals surface area contributed by atoms with Crippen LogP contribution in [0, 0.1) is 17.7 Å². The van der Waals surface area contributed by atoms with Crippen LogP contribution in [0.5, 0.6) is 0 Å². The zero-order chi connectivity index (χ0) is 15.2. The van der Waals surface area contributed by atoms with Gasteiger partial charge in [0.25, 0.3) is 0 Å². The average molecular weight is 314 g/mol. The molecule has 3 atom stereocenters. The molecule has 114 valence electrons. The average Bonchev–Trinajstić information content (AvgIpc) is 2.97. The molecule has 1 saturated heterocycles. The third kappa shape index (κ3) is 2.32. The molecular formula is C13H15FN2O4S. The van der Waals surface area contributed by atoms with Crippen LogP contribution in [0.25, 0.3) is 0 Å². The molecule has 6 nitrogen and oxygen atoms in total. The summed E-state index contributed by atoms with van der Waals surface area (Å²) in [6.07, 6.45) is 4.43. The first-order valence-electron chi connectivity index (χ1n) is 6.76. The molecule has 1 aromatic heterocycles. The second-order valence-corrected chi connectivity index (χ2v) is 7.44. The molecule has 8 heteroatoms. The molecule has 2 heterocycles. The number of carbonyl (C=O) groups is 1. The molecule has 1 saturated carbocycles. The van der Waals surface area contributed by atoms with Crippen LogP contribution in [0.4, 0.5) is 4.39 Å². The molecule has 3 rings (SSSR count). The molecule has 0 bridgehead atoms. The zero-order valence-corrected chi connectivity index (χ0v) is 12.0. The van der Waals surface area contributed by atoms with E-state index in [9.17, 15) is 22.7 Å². The normalized spacial score (nSPS) is 29.5. The molecule has 1 aliphatic carbocycles. The van der Waals surface area contributed by atoms with Crippen LogP contribution in [0.3, 0.4) is 0 Å². The Labute approximate surface area is 121 Å². The van der Waals surface area contributed by atoms with Gasteiger partial charge in [-0.3, -0.25) is 9.78 Å². The minimum absolute atomic E-state index is 0.0717. The number of pyridine rings is 1. The van der Waals surface area contributed by atoms with Gasteiger partial charge in [-0.2, -0.15) is 4.31 Å². The van der Waals surface area contributed by atoms with Gasteiger partial charge in [-0.05, 0) is 30.7 Å². The van der Waals surface area contributed by atoms with Crippen molar-refractivity contribution in [1.82, 2.24) is 9.29 Å². The third-order valence-corrected chi connectivity index (χ3v) is 6.20. The van der Waals surface area contributed by atoms with Gasteiger partial charge >= 0.3 is 5.97 Å². The van der Waals surface area contributed by atoms with Gasteiger partial charge in [-0.1, -0.05) is 6.42 Å². The number of fused-ring (bicyclic) bond motifs is 1. The van der Waals surface area contributed by atoms with Crippen molar-refractivity contribution in [3.8, 4) is 0 Å². The van der Waals surface area contributed by atoms with Crippen molar-refractivity contribution >= 4 is 16.0 Å². The number of aliphatic carboxylic acids is 1. The molecule has 0 amide bonds. The molecule has 3 unspecified atom stereocenters. The first-order chi connectivity index (χ1) is 9.91. The fourth-order valence-corrected chi connectivity index (χ4v) is 5.15. The van der Waals surface area contributed by atoms with Gasteiger partial charge in [0.1, 0.15) is 16.8 Å². The third-order valence-electron chi connectivity index (χ3n) is 4.39. The molecule has 2 aliphatic rings. The molecule has 0 aromatic carbocycles. The van der Waals surface area contributed by atoms with Crippen LogP contribution >= 0.6 is 0 Å². The quantitative estimate of drug-likeness (QED) is 0.902. The van der Waals surface area contributed by atoms with Gasteiger partial charge in [0.15, 0.2) is 0 Å². The van der Waals surface area contributed by atoms with E-state index in [4.69, 9.17) is 0 Å². The number of hydrogen-bond acceptors (Lipinski definition) is 4. The van der Waals surface area contributed by atoms with Crippen molar-refractivity contribution in [3.05, 3.63) is 24.3 Å². The fourth-order valence-electron chi connectivity index (χ4n) is 3.49. The van der Waals surface area contributed by atoms with E-state index in [0.717, 1.165) is 42.0 Å². The largest absolute Gasteiger partial charge is 0.480 e. The molecular weight excluding hydrogens is 299 g/mol. The standard InChI is InChI=1S/C13H15FN2O4S/c14-9-4-10(6-15-5-9)21(19,20)16-7-8-2-1-3-11(8)12(16)13(17)18/h4-6,8,11-12H,1-3,7H2,(H,17,18). The number of nitrogens with zero attached hydrogens (tertiary/aromatic N) is 2. The van der Waals surface area contributed by atoms with Crippen LogP contribution in [0.2, 0.25) is 0 Å². The highest BCUT2D eigenvalue weighted by Crippen LogP contribution is 2.44. The van der Waals surface area contributed by atoms with Crippen LogP contribution in [-0.2, 0) is 14.8 Å². The number of carboxylic acids is 1. The summed E-state index contributed by atoms with van der Waals surface area (Å²) in [5, 5.41) is 9.40. The fraction of sp³-hybridized carbons (Fsp3) is 0.538. The maximum absolute atomic E-state index is 13.2. The lowest BCUT2D eigenvalue weighted by Crippen LogP contribution is -2.43. The van der Waals surface area contributed by atoms with Gasteiger partial charge in [0, 0.05) is 12.7 Å². The predicted octanol–water partition coefficient (Wildman–Crippen LogP) is 1.09. The van der Waals surface area contributed by atoms with Crippen LogP contribution in [0.1, 0.15) is 19.3 Å². The molecule has 1 aromatic rings. The number of carboxylic acid groups (broad SMARTS) is 1. The minimum atomic E-state index is -4.05. The van der Waals surface area contributed by atoms with Crippen molar-refractivity contribution in [2.45, 2.75) is 30.2 Å². The molecule has 1 N–H and O–H groups in total. The van der Waals surface area contributed by atoms with E-state index in [1.165, 1.54) is 0 Å². The van der Waals surface area contributed by atoms with Crippen molar-refractivity contribution < 1.29 is 22.7 Å². The summed E-state index contributed by atoms with van der Waals surface area (Å²) in [7, 11) is -4.05. The smallest absolute Gasteiger partial charge is 0.322 e. The van der Waals surface area contributed by atoms with E-state index in [-0.39, 0.29) is 23.3 Å². The van der Waals surface area contributed by atoms with Crippen molar-refractivity contribution in [1.29, 1.82) is 0 Å². The van der Waals surface area contributed by atoms with Gasteiger partial charge in [0.05, 0.1) is 6.20 Å². The molecule has 1 aliphatic heterocycles. The monoisotopic (exact) mass is 314 g/mol. The summed E-state index contributed by atoms with van der Waals surface area (Å²) in [4.78, 5) is 14.7. The Morgan fingerprint density at radius 3 is 2.81 bits per heavy atom. The summed E-state index contributed by atoms with van der Waals surface area (Å²) in [6, 6.07) is -0.194. The molecule has 21 heavy (non-hydrogen) atoms. The van der Waals surface area contributed by atoms with Crippen LogP contribution in [0.15, 0.2) is 23.4 Å². The van der Waals surface area contributed by atoms with E-state index >= 15 is 0 Å². The van der Waals surface area contributed by atoms with Gasteiger partial charge in [-0.25, -0.2) is 12.8 Å². The summed E-state index contributed by atoms with van der Waals surface area (Å²) in [5.74, 6) is -1.99.